The molecular weight excluding hydrogens is 274 g/mol. The summed E-state index contributed by atoms with van der Waals surface area (Å²) in [6, 6.07) is 3.39. The van der Waals surface area contributed by atoms with Crippen molar-refractivity contribution in [2.45, 2.75) is 51.5 Å². The minimum absolute atomic E-state index is 0.0803. The van der Waals surface area contributed by atoms with E-state index in [0.29, 0.717) is 17.2 Å². The fourth-order valence-corrected chi connectivity index (χ4v) is 3.35. The maximum Gasteiger partial charge on any atom is 0.238 e. The highest BCUT2D eigenvalue weighted by Crippen LogP contribution is 2.28. The lowest BCUT2D eigenvalue weighted by molar-refractivity contribution is 0.437. The highest BCUT2D eigenvalue weighted by Gasteiger charge is 2.18. The van der Waals surface area contributed by atoms with Crippen LogP contribution in [0.1, 0.15) is 39.2 Å². The molecular formula is C14H25N3O2S. The first-order valence-corrected chi connectivity index (χ1v) is 8.44. The van der Waals surface area contributed by atoms with Gasteiger partial charge in [0.2, 0.25) is 10.0 Å². The molecule has 0 aliphatic heterocycles. The van der Waals surface area contributed by atoms with Crippen molar-refractivity contribution >= 4 is 21.4 Å². The predicted octanol–water partition coefficient (Wildman–Crippen LogP) is 2.46. The van der Waals surface area contributed by atoms with Crippen LogP contribution in [0.3, 0.4) is 0 Å². The molecule has 6 heteroatoms. The SMILES string of the molecule is CCC(CC)C(C)Nc1cc(N)cc(S(N)(=O)=O)c1C. The van der Waals surface area contributed by atoms with Crippen LogP contribution in [0.15, 0.2) is 17.0 Å². The van der Waals surface area contributed by atoms with Crippen LogP contribution >= 0.6 is 0 Å². The van der Waals surface area contributed by atoms with E-state index in [1.165, 1.54) is 6.07 Å². The molecule has 0 bridgehead atoms. The number of hydrogen-bond donors (Lipinski definition) is 3. The Kier molecular flexibility index (Phi) is 5.42. The summed E-state index contributed by atoms with van der Waals surface area (Å²) in [5.74, 6) is 0.522. The lowest BCUT2D eigenvalue weighted by atomic mass is 9.95. The van der Waals surface area contributed by atoms with Crippen molar-refractivity contribution in [3.05, 3.63) is 17.7 Å². The average molecular weight is 299 g/mol. The van der Waals surface area contributed by atoms with E-state index in [1.54, 1.807) is 13.0 Å². The quantitative estimate of drug-likeness (QED) is 0.703. The van der Waals surface area contributed by atoms with E-state index in [1.807, 2.05) is 0 Å². The second-order valence-electron chi connectivity index (χ2n) is 5.25. The van der Waals surface area contributed by atoms with Gasteiger partial charge in [-0.25, -0.2) is 13.6 Å². The van der Waals surface area contributed by atoms with Crippen molar-refractivity contribution < 1.29 is 8.42 Å². The minimum Gasteiger partial charge on any atom is -0.399 e. The van der Waals surface area contributed by atoms with Crippen LogP contribution in [0.25, 0.3) is 0 Å². The Morgan fingerprint density at radius 1 is 1.25 bits per heavy atom. The molecule has 0 aromatic heterocycles. The molecule has 0 saturated heterocycles. The Morgan fingerprint density at radius 2 is 1.80 bits per heavy atom. The van der Waals surface area contributed by atoms with Crippen LogP contribution in [0.4, 0.5) is 11.4 Å². The summed E-state index contributed by atoms with van der Waals surface area (Å²) in [5.41, 5.74) is 7.51. The van der Waals surface area contributed by atoms with Gasteiger partial charge in [-0.05, 0) is 37.5 Å². The number of nitrogen functional groups attached to an aromatic ring is 1. The summed E-state index contributed by atoms with van der Waals surface area (Å²) < 4.78 is 23.2. The first-order valence-electron chi connectivity index (χ1n) is 6.90. The molecule has 1 aromatic carbocycles. The Labute approximate surface area is 121 Å². The molecule has 114 valence electrons. The second-order valence-corrected chi connectivity index (χ2v) is 6.78. The zero-order chi connectivity index (χ0) is 15.5. The number of sulfonamides is 1. The molecule has 1 atom stereocenters. The molecule has 5 nitrogen and oxygen atoms in total. The smallest absolute Gasteiger partial charge is 0.238 e. The van der Waals surface area contributed by atoms with E-state index in [9.17, 15) is 8.42 Å². The highest BCUT2D eigenvalue weighted by molar-refractivity contribution is 7.89. The lowest BCUT2D eigenvalue weighted by Gasteiger charge is -2.25. The molecule has 5 N–H and O–H groups in total. The van der Waals surface area contributed by atoms with Gasteiger partial charge in [-0.3, -0.25) is 0 Å². The Balaban J connectivity index is 3.17. The van der Waals surface area contributed by atoms with E-state index < -0.39 is 10.0 Å². The standard InChI is InChI=1S/C14H25N3O2S/c1-5-11(6-2)10(4)17-13-7-12(15)8-14(9(13)3)20(16,18)19/h7-8,10-11,17H,5-6,15H2,1-4H3,(H2,16,18,19). The van der Waals surface area contributed by atoms with E-state index in [-0.39, 0.29) is 10.9 Å². The molecule has 0 spiro atoms. The molecule has 0 aliphatic rings. The summed E-state index contributed by atoms with van der Waals surface area (Å²) >= 11 is 0. The van der Waals surface area contributed by atoms with E-state index in [0.717, 1.165) is 18.5 Å². The van der Waals surface area contributed by atoms with Crippen molar-refractivity contribution in [2.75, 3.05) is 11.1 Å². The molecule has 0 heterocycles. The molecule has 0 amide bonds. The molecule has 0 fully saturated rings. The van der Waals surface area contributed by atoms with Crippen LogP contribution in [0, 0.1) is 12.8 Å². The molecule has 1 aromatic rings. The highest BCUT2D eigenvalue weighted by atomic mass is 32.2. The maximum absolute atomic E-state index is 11.6. The van der Waals surface area contributed by atoms with Crippen LogP contribution in [0.5, 0.6) is 0 Å². The van der Waals surface area contributed by atoms with Crippen molar-refractivity contribution in [1.82, 2.24) is 0 Å². The maximum atomic E-state index is 11.6. The third-order valence-corrected chi connectivity index (χ3v) is 4.87. The van der Waals surface area contributed by atoms with Crippen molar-refractivity contribution in [3.63, 3.8) is 0 Å². The fourth-order valence-electron chi connectivity index (χ4n) is 2.51. The normalized spacial score (nSPS) is 13.5. The van der Waals surface area contributed by atoms with Gasteiger partial charge in [0.15, 0.2) is 0 Å². The Morgan fingerprint density at radius 3 is 2.25 bits per heavy atom. The number of nitrogens with two attached hydrogens (primary N) is 2. The van der Waals surface area contributed by atoms with E-state index in [2.05, 4.69) is 26.1 Å². The third-order valence-electron chi connectivity index (χ3n) is 3.83. The van der Waals surface area contributed by atoms with Gasteiger partial charge >= 0.3 is 0 Å². The van der Waals surface area contributed by atoms with Crippen LogP contribution in [0.2, 0.25) is 0 Å². The fraction of sp³-hybridized carbons (Fsp3) is 0.571. The second kappa shape index (κ2) is 6.45. The summed E-state index contributed by atoms with van der Waals surface area (Å²) in [4.78, 5) is 0.0803. The van der Waals surface area contributed by atoms with Gasteiger partial charge in [-0.1, -0.05) is 26.7 Å². The predicted molar refractivity (Wildman–Crippen MR) is 84.1 cm³/mol. The van der Waals surface area contributed by atoms with Crippen LogP contribution in [-0.4, -0.2) is 14.5 Å². The summed E-state index contributed by atoms with van der Waals surface area (Å²) in [5, 5.41) is 8.59. The van der Waals surface area contributed by atoms with E-state index >= 15 is 0 Å². The van der Waals surface area contributed by atoms with Gasteiger partial charge in [0.05, 0.1) is 4.90 Å². The number of rotatable bonds is 6. The molecule has 0 aliphatic carbocycles. The summed E-state index contributed by atoms with van der Waals surface area (Å²) in [7, 11) is -3.77. The minimum atomic E-state index is -3.77. The zero-order valence-corrected chi connectivity index (χ0v) is 13.4. The van der Waals surface area contributed by atoms with Gasteiger partial charge in [-0.15, -0.1) is 0 Å². The molecule has 1 rings (SSSR count). The molecule has 0 saturated carbocycles. The van der Waals surface area contributed by atoms with Gasteiger partial charge < -0.3 is 11.1 Å². The molecule has 0 radical (unpaired) electrons. The Hall–Kier alpha value is -1.27. The summed E-state index contributed by atoms with van der Waals surface area (Å²) in [6.07, 6.45) is 2.13. The number of primary sulfonamides is 1. The van der Waals surface area contributed by atoms with Gasteiger partial charge in [0.1, 0.15) is 0 Å². The molecule has 1 unspecified atom stereocenters. The number of nitrogens with one attached hydrogen (secondary N) is 1. The van der Waals surface area contributed by atoms with Gasteiger partial charge in [-0.2, -0.15) is 0 Å². The van der Waals surface area contributed by atoms with Crippen molar-refractivity contribution in [1.29, 1.82) is 0 Å². The van der Waals surface area contributed by atoms with Gasteiger partial charge in [0.25, 0.3) is 0 Å². The van der Waals surface area contributed by atoms with Gasteiger partial charge in [0, 0.05) is 17.4 Å². The number of anilines is 2. The first-order chi connectivity index (χ1) is 9.20. The first kappa shape index (κ1) is 16.8. The monoisotopic (exact) mass is 299 g/mol. The van der Waals surface area contributed by atoms with Crippen LogP contribution in [-0.2, 0) is 10.0 Å². The average Bonchev–Trinajstić information content (AvgIpc) is 2.33. The van der Waals surface area contributed by atoms with Crippen molar-refractivity contribution in [3.8, 4) is 0 Å². The third kappa shape index (κ3) is 3.86. The van der Waals surface area contributed by atoms with E-state index in [4.69, 9.17) is 10.9 Å². The summed E-state index contributed by atoms with van der Waals surface area (Å²) in [6.45, 7) is 8.13. The largest absolute Gasteiger partial charge is 0.399 e. The van der Waals surface area contributed by atoms with Crippen molar-refractivity contribution in [2.24, 2.45) is 11.1 Å². The lowest BCUT2D eigenvalue weighted by Crippen LogP contribution is -2.26. The number of benzene rings is 1. The number of hydrogen-bond acceptors (Lipinski definition) is 4. The molecule has 20 heavy (non-hydrogen) atoms. The Bertz CT molecular complexity index is 566. The zero-order valence-electron chi connectivity index (χ0n) is 12.6. The topological polar surface area (TPSA) is 98.2 Å². The van der Waals surface area contributed by atoms with Crippen LogP contribution < -0.4 is 16.2 Å².